The molecule has 1 saturated heterocycles. The molecule has 62 valence electrons. The van der Waals surface area contributed by atoms with Crippen LogP contribution >= 0.6 is 0 Å². The second-order valence-corrected chi connectivity index (χ2v) is 3.21. The zero-order chi connectivity index (χ0) is 8.27. The van der Waals surface area contributed by atoms with E-state index < -0.39 is 0 Å². The normalized spacial score (nSPS) is 33.2. The van der Waals surface area contributed by atoms with Gasteiger partial charge in [0.25, 0.3) is 0 Å². The third-order valence-corrected chi connectivity index (χ3v) is 2.19. The van der Waals surface area contributed by atoms with Crippen molar-refractivity contribution >= 4 is 0 Å². The minimum Gasteiger partial charge on any atom is -0.378 e. The molecular weight excluding hydrogens is 138 g/mol. The molecule has 1 rings (SSSR count). The zero-order valence-electron chi connectivity index (χ0n) is 6.92. The van der Waals surface area contributed by atoms with Crippen LogP contribution in [0.3, 0.4) is 0 Å². The van der Waals surface area contributed by atoms with Crippen molar-refractivity contribution in [2.24, 2.45) is 11.7 Å². The van der Waals surface area contributed by atoms with Crippen LogP contribution in [0.25, 0.3) is 0 Å². The van der Waals surface area contributed by atoms with Crippen LogP contribution in [0.4, 0.5) is 0 Å². The Labute approximate surface area is 68.1 Å². The maximum atomic E-state index is 5.83. The Kier molecular flexibility index (Phi) is 2.92. The number of hydrogen-bond donors (Lipinski definition) is 1. The fourth-order valence-electron chi connectivity index (χ4n) is 1.45. The van der Waals surface area contributed by atoms with Crippen molar-refractivity contribution in [2.45, 2.75) is 31.9 Å². The Morgan fingerprint density at radius 3 is 3.00 bits per heavy atom. The second kappa shape index (κ2) is 3.75. The summed E-state index contributed by atoms with van der Waals surface area (Å²) in [6.45, 7) is 2.85. The van der Waals surface area contributed by atoms with Crippen molar-refractivity contribution in [3.05, 3.63) is 0 Å². The lowest BCUT2D eigenvalue weighted by molar-refractivity contribution is 0.118. The monoisotopic (exact) mass is 153 g/mol. The molecule has 1 fully saturated rings. The van der Waals surface area contributed by atoms with E-state index in [1.54, 1.807) is 0 Å². The first-order valence-electron chi connectivity index (χ1n) is 4.04. The number of terminal acetylenes is 1. The van der Waals surface area contributed by atoms with Gasteiger partial charge in [-0.3, -0.25) is 0 Å². The number of ether oxygens (including phenoxy) is 1. The van der Waals surface area contributed by atoms with Crippen LogP contribution in [0, 0.1) is 18.3 Å². The number of rotatable bonds is 2. The van der Waals surface area contributed by atoms with Crippen LogP contribution in [0.2, 0.25) is 0 Å². The highest BCUT2D eigenvalue weighted by atomic mass is 16.5. The molecule has 0 radical (unpaired) electrons. The van der Waals surface area contributed by atoms with E-state index >= 15 is 0 Å². The summed E-state index contributed by atoms with van der Waals surface area (Å²) in [5.74, 6) is 3.05. The number of nitrogens with two attached hydrogens (primary N) is 1. The van der Waals surface area contributed by atoms with Crippen molar-refractivity contribution in [1.29, 1.82) is 0 Å². The Balaban J connectivity index is 2.32. The Morgan fingerprint density at radius 2 is 2.55 bits per heavy atom. The van der Waals surface area contributed by atoms with Crippen molar-refractivity contribution in [1.82, 2.24) is 0 Å². The van der Waals surface area contributed by atoms with Gasteiger partial charge in [0, 0.05) is 18.4 Å². The van der Waals surface area contributed by atoms with Gasteiger partial charge in [-0.2, -0.15) is 0 Å². The molecule has 0 aromatic heterocycles. The molecule has 1 heterocycles. The van der Waals surface area contributed by atoms with E-state index in [4.69, 9.17) is 16.9 Å². The third-order valence-electron chi connectivity index (χ3n) is 2.19. The lowest BCUT2D eigenvalue weighted by atomic mass is 9.96. The van der Waals surface area contributed by atoms with E-state index in [0.29, 0.717) is 18.4 Å². The molecule has 2 heteroatoms. The fourth-order valence-corrected chi connectivity index (χ4v) is 1.45. The largest absolute Gasteiger partial charge is 0.378 e. The summed E-state index contributed by atoms with van der Waals surface area (Å²) in [4.78, 5) is 0. The summed E-state index contributed by atoms with van der Waals surface area (Å²) < 4.78 is 5.38. The summed E-state index contributed by atoms with van der Waals surface area (Å²) in [5.41, 5.74) is 5.83. The van der Waals surface area contributed by atoms with Crippen molar-refractivity contribution < 1.29 is 4.74 Å². The molecule has 0 aliphatic carbocycles. The molecule has 0 aromatic rings. The van der Waals surface area contributed by atoms with E-state index in [2.05, 4.69) is 12.8 Å². The van der Waals surface area contributed by atoms with Crippen LogP contribution < -0.4 is 5.73 Å². The first-order chi connectivity index (χ1) is 5.24. The lowest BCUT2D eigenvalue weighted by Crippen LogP contribution is -2.29. The molecule has 1 aliphatic heterocycles. The van der Waals surface area contributed by atoms with E-state index in [9.17, 15) is 0 Å². The predicted molar refractivity (Wildman–Crippen MR) is 44.9 cm³/mol. The minimum absolute atomic E-state index is 0.130. The van der Waals surface area contributed by atoms with Crippen LogP contribution in [-0.4, -0.2) is 18.8 Å². The van der Waals surface area contributed by atoms with Gasteiger partial charge in [-0.1, -0.05) is 0 Å². The summed E-state index contributed by atoms with van der Waals surface area (Å²) in [5, 5.41) is 0. The molecule has 0 aromatic carbocycles. The standard InChI is InChI=1S/C9H15NO/c1-3-4-9(10)8-5-7(2)11-6-8/h1,7-9H,4-6,10H2,2H3. The maximum absolute atomic E-state index is 5.83. The Hall–Kier alpha value is -0.520. The first-order valence-corrected chi connectivity index (χ1v) is 4.04. The SMILES string of the molecule is C#CCC(N)C1COC(C)C1. The predicted octanol–water partition coefficient (Wildman–Crippen LogP) is 0.762. The van der Waals surface area contributed by atoms with Gasteiger partial charge in [-0.05, 0) is 13.3 Å². The molecule has 3 atom stereocenters. The molecule has 1 aliphatic rings. The number of hydrogen-bond acceptors (Lipinski definition) is 2. The van der Waals surface area contributed by atoms with Gasteiger partial charge in [0.05, 0.1) is 12.7 Å². The molecule has 2 nitrogen and oxygen atoms in total. The van der Waals surface area contributed by atoms with Gasteiger partial charge in [-0.15, -0.1) is 12.3 Å². The van der Waals surface area contributed by atoms with Crippen LogP contribution in [-0.2, 0) is 4.74 Å². The minimum atomic E-state index is 0.130. The summed E-state index contributed by atoms with van der Waals surface area (Å²) in [6.07, 6.45) is 7.25. The van der Waals surface area contributed by atoms with Crippen LogP contribution in [0.1, 0.15) is 19.8 Å². The van der Waals surface area contributed by atoms with E-state index in [1.807, 2.05) is 0 Å². The highest BCUT2D eigenvalue weighted by molar-refractivity contribution is 4.92. The molecule has 0 saturated carbocycles. The average Bonchev–Trinajstić information content (AvgIpc) is 2.36. The van der Waals surface area contributed by atoms with Gasteiger partial charge in [0.15, 0.2) is 0 Å². The van der Waals surface area contributed by atoms with Gasteiger partial charge in [0.1, 0.15) is 0 Å². The van der Waals surface area contributed by atoms with Crippen molar-refractivity contribution in [2.75, 3.05) is 6.61 Å². The molecular formula is C9H15NO. The summed E-state index contributed by atoms with van der Waals surface area (Å²) >= 11 is 0. The lowest BCUT2D eigenvalue weighted by Gasteiger charge is -2.13. The van der Waals surface area contributed by atoms with Crippen LogP contribution in [0.5, 0.6) is 0 Å². The van der Waals surface area contributed by atoms with Gasteiger partial charge >= 0.3 is 0 Å². The second-order valence-electron chi connectivity index (χ2n) is 3.21. The van der Waals surface area contributed by atoms with Gasteiger partial charge in [-0.25, -0.2) is 0 Å². The van der Waals surface area contributed by atoms with E-state index in [0.717, 1.165) is 13.0 Å². The van der Waals surface area contributed by atoms with E-state index in [1.165, 1.54) is 0 Å². The Morgan fingerprint density at radius 1 is 1.82 bits per heavy atom. The molecule has 0 spiro atoms. The highest BCUT2D eigenvalue weighted by Crippen LogP contribution is 2.22. The maximum Gasteiger partial charge on any atom is 0.0551 e. The third kappa shape index (κ3) is 2.21. The first kappa shape index (κ1) is 8.58. The van der Waals surface area contributed by atoms with Gasteiger partial charge in [0.2, 0.25) is 0 Å². The Bertz CT molecular complexity index is 161. The molecule has 0 bridgehead atoms. The zero-order valence-corrected chi connectivity index (χ0v) is 6.92. The summed E-state index contributed by atoms with van der Waals surface area (Å²) in [6, 6.07) is 0.130. The van der Waals surface area contributed by atoms with Gasteiger partial charge < -0.3 is 10.5 Å². The molecule has 11 heavy (non-hydrogen) atoms. The van der Waals surface area contributed by atoms with Crippen molar-refractivity contribution in [3.8, 4) is 12.3 Å². The quantitative estimate of drug-likeness (QED) is 0.594. The highest BCUT2D eigenvalue weighted by Gasteiger charge is 2.26. The average molecular weight is 153 g/mol. The molecule has 3 unspecified atom stereocenters. The van der Waals surface area contributed by atoms with Crippen molar-refractivity contribution in [3.63, 3.8) is 0 Å². The fraction of sp³-hybridized carbons (Fsp3) is 0.778. The van der Waals surface area contributed by atoms with Crippen LogP contribution in [0.15, 0.2) is 0 Å². The molecule has 0 amide bonds. The molecule has 2 N–H and O–H groups in total. The smallest absolute Gasteiger partial charge is 0.0551 e. The topological polar surface area (TPSA) is 35.2 Å². The van der Waals surface area contributed by atoms with E-state index in [-0.39, 0.29) is 6.04 Å². The summed E-state index contributed by atoms with van der Waals surface area (Å²) in [7, 11) is 0.